The summed E-state index contributed by atoms with van der Waals surface area (Å²) in [5.41, 5.74) is 6.16. The average Bonchev–Trinajstić information content (AvgIpc) is 2.25. The van der Waals surface area contributed by atoms with Crippen molar-refractivity contribution < 1.29 is 5.11 Å². The van der Waals surface area contributed by atoms with Crippen molar-refractivity contribution in [3.05, 3.63) is 35.9 Å². The Kier molecular flexibility index (Phi) is 4.87. The molecule has 0 saturated heterocycles. The first-order valence-electron chi connectivity index (χ1n) is 4.51. The van der Waals surface area contributed by atoms with Crippen LogP contribution < -0.4 is 5.73 Å². The lowest BCUT2D eigenvalue weighted by Gasteiger charge is -2.12. The maximum Gasteiger partial charge on any atom is 0.247 e. The fraction of sp³-hybridized carbons (Fsp3) is 0.300. The van der Waals surface area contributed by atoms with Crippen LogP contribution in [0.5, 0.6) is 0 Å². The van der Waals surface area contributed by atoms with Crippen molar-refractivity contribution in [3.63, 3.8) is 0 Å². The third-order valence-corrected chi connectivity index (χ3v) is 2.49. The van der Waals surface area contributed by atoms with Gasteiger partial charge in [0.15, 0.2) is 0 Å². The lowest BCUT2D eigenvalue weighted by atomic mass is 10.1. The van der Waals surface area contributed by atoms with Crippen LogP contribution in [-0.4, -0.2) is 21.3 Å². The van der Waals surface area contributed by atoms with Crippen LogP contribution in [0.15, 0.2) is 35.3 Å². The number of aliphatic hydroxyl groups excluding tert-OH is 1. The van der Waals surface area contributed by atoms with Crippen LogP contribution >= 0.6 is 34.8 Å². The number of amidine groups is 1. The van der Waals surface area contributed by atoms with Crippen molar-refractivity contribution in [1.82, 2.24) is 0 Å². The average molecular weight is 282 g/mol. The molecule has 1 rings (SSSR count). The Balaban J connectivity index is 2.63. The molecule has 3 N–H and O–H groups in total. The summed E-state index contributed by atoms with van der Waals surface area (Å²) in [7, 11) is 0. The van der Waals surface area contributed by atoms with Crippen LogP contribution in [0.4, 0.5) is 0 Å². The maximum absolute atomic E-state index is 9.74. The second-order valence-corrected chi connectivity index (χ2v) is 5.43. The van der Waals surface area contributed by atoms with Gasteiger partial charge in [0.25, 0.3) is 0 Å². The van der Waals surface area contributed by atoms with E-state index in [9.17, 15) is 5.11 Å². The van der Waals surface area contributed by atoms with E-state index in [0.717, 1.165) is 5.56 Å². The van der Waals surface area contributed by atoms with Gasteiger partial charge in [-0.05, 0) is 5.56 Å². The second kappa shape index (κ2) is 5.73. The number of hydrogen-bond donors (Lipinski definition) is 2. The van der Waals surface area contributed by atoms with Gasteiger partial charge < -0.3 is 10.8 Å². The second-order valence-electron chi connectivity index (χ2n) is 3.15. The summed E-state index contributed by atoms with van der Waals surface area (Å²) in [6, 6.07) is 9.06. The molecule has 0 bridgehead atoms. The van der Waals surface area contributed by atoms with Gasteiger partial charge in [0, 0.05) is 0 Å². The van der Waals surface area contributed by atoms with E-state index >= 15 is 0 Å². The molecule has 0 saturated carbocycles. The molecule has 1 unspecified atom stereocenters. The topological polar surface area (TPSA) is 58.6 Å². The van der Waals surface area contributed by atoms with Gasteiger partial charge >= 0.3 is 0 Å². The summed E-state index contributed by atoms with van der Waals surface area (Å²) in [6.45, 7) is 0.0593. The number of aliphatic imine (C=N–C) groups is 1. The van der Waals surface area contributed by atoms with E-state index in [1.54, 1.807) is 12.1 Å². The summed E-state index contributed by atoms with van der Waals surface area (Å²) >= 11 is 16.5. The molecule has 0 aromatic heterocycles. The van der Waals surface area contributed by atoms with Crippen LogP contribution in [0.2, 0.25) is 0 Å². The quantitative estimate of drug-likeness (QED) is 0.508. The molecule has 0 aliphatic rings. The van der Waals surface area contributed by atoms with Crippen molar-refractivity contribution in [1.29, 1.82) is 0 Å². The number of halogens is 3. The first-order chi connectivity index (χ1) is 7.41. The van der Waals surface area contributed by atoms with E-state index in [4.69, 9.17) is 40.5 Å². The van der Waals surface area contributed by atoms with Crippen LogP contribution in [-0.2, 0) is 0 Å². The van der Waals surface area contributed by atoms with Gasteiger partial charge in [-0.1, -0.05) is 65.1 Å². The third kappa shape index (κ3) is 4.18. The first-order valence-corrected chi connectivity index (χ1v) is 5.65. The first kappa shape index (κ1) is 13.6. The largest absolute Gasteiger partial charge is 0.386 e. The zero-order valence-corrected chi connectivity index (χ0v) is 10.5. The van der Waals surface area contributed by atoms with Crippen molar-refractivity contribution in [2.24, 2.45) is 10.7 Å². The molecule has 1 atom stereocenters. The van der Waals surface area contributed by atoms with Crippen LogP contribution in [0.25, 0.3) is 0 Å². The lowest BCUT2D eigenvalue weighted by molar-refractivity contribution is 0.187. The Morgan fingerprint density at radius 1 is 1.31 bits per heavy atom. The third-order valence-electron chi connectivity index (χ3n) is 1.91. The fourth-order valence-corrected chi connectivity index (χ4v) is 1.23. The van der Waals surface area contributed by atoms with Crippen LogP contribution in [0.3, 0.4) is 0 Å². The Morgan fingerprint density at radius 3 is 2.38 bits per heavy atom. The Hall–Kier alpha value is -0.480. The molecular weight excluding hydrogens is 270 g/mol. The van der Waals surface area contributed by atoms with Crippen molar-refractivity contribution in [2.75, 3.05) is 6.54 Å². The molecule has 0 fully saturated rings. The van der Waals surface area contributed by atoms with E-state index in [0.29, 0.717) is 0 Å². The summed E-state index contributed by atoms with van der Waals surface area (Å²) < 4.78 is -1.73. The number of rotatable bonds is 3. The molecule has 0 aliphatic heterocycles. The van der Waals surface area contributed by atoms with Gasteiger partial charge in [-0.25, -0.2) is 0 Å². The highest BCUT2D eigenvalue weighted by atomic mass is 35.6. The molecule has 1 aromatic carbocycles. The Bertz CT molecular complexity index is 362. The summed E-state index contributed by atoms with van der Waals surface area (Å²) in [4.78, 5) is 3.82. The molecule has 0 heterocycles. The van der Waals surface area contributed by atoms with E-state index in [-0.39, 0.29) is 12.4 Å². The standard InChI is InChI=1S/C10H11Cl3N2O/c11-10(12,13)9(14)15-6-8(16)7-4-2-1-3-5-7/h1-5,8,16H,6H2,(H2,14,15). The lowest BCUT2D eigenvalue weighted by Crippen LogP contribution is -2.29. The normalized spacial score (nSPS) is 14.9. The highest BCUT2D eigenvalue weighted by molar-refractivity contribution is 6.76. The van der Waals surface area contributed by atoms with E-state index in [2.05, 4.69) is 4.99 Å². The number of aliphatic hydroxyl groups is 1. The predicted octanol–water partition coefficient (Wildman–Crippen LogP) is 2.45. The molecule has 1 aromatic rings. The molecule has 6 heteroatoms. The molecule has 88 valence electrons. The zero-order valence-electron chi connectivity index (χ0n) is 8.28. The van der Waals surface area contributed by atoms with Crippen molar-refractivity contribution in [3.8, 4) is 0 Å². The molecule has 0 amide bonds. The number of nitrogens with zero attached hydrogens (tertiary/aromatic N) is 1. The molecule has 16 heavy (non-hydrogen) atoms. The molecular formula is C10H11Cl3N2O. The van der Waals surface area contributed by atoms with Crippen LogP contribution in [0, 0.1) is 0 Å². The highest BCUT2D eigenvalue weighted by Crippen LogP contribution is 2.26. The van der Waals surface area contributed by atoms with Gasteiger partial charge in [-0.3, -0.25) is 4.99 Å². The SMILES string of the molecule is NC(=NCC(O)c1ccccc1)C(Cl)(Cl)Cl. The summed E-state index contributed by atoms with van der Waals surface area (Å²) in [6.07, 6.45) is -0.757. The number of alkyl halides is 3. The van der Waals surface area contributed by atoms with Crippen molar-refractivity contribution >= 4 is 40.6 Å². The van der Waals surface area contributed by atoms with Gasteiger partial charge in [-0.2, -0.15) is 0 Å². The van der Waals surface area contributed by atoms with E-state index in [1.807, 2.05) is 18.2 Å². The minimum Gasteiger partial charge on any atom is -0.386 e. The predicted molar refractivity (Wildman–Crippen MR) is 68.2 cm³/mol. The minimum atomic E-state index is -1.73. The molecule has 0 aliphatic carbocycles. The van der Waals surface area contributed by atoms with E-state index in [1.165, 1.54) is 0 Å². The molecule has 3 nitrogen and oxygen atoms in total. The van der Waals surface area contributed by atoms with Crippen molar-refractivity contribution in [2.45, 2.75) is 9.90 Å². The minimum absolute atomic E-state index is 0.0593. The van der Waals surface area contributed by atoms with Gasteiger partial charge in [0.05, 0.1) is 12.6 Å². The number of benzene rings is 1. The van der Waals surface area contributed by atoms with Gasteiger partial charge in [0.2, 0.25) is 3.79 Å². The fourth-order valence-electron chi connectivity index (χ4n) is 1.06. The summed E-state index contributed by atoms with van der Waals surface area (Å²) in [5, 5.41) is 9.74. The Labute approximate surface area is 109 Å². The maximum atomic E-state index is 9.74. The Morgan fingerprint density at radius 2 is 1.88 bits per heavy atom. The number of nitrogens with two attached hydrogens (primary N) is 1. The molecule has 0 radical (unpaired) electrons. The molecule has 0 spiro atoms. The van der Waals surface area contributed by atoms with Gasteiger partial charge in [-0.15, -0.1) is 0 Å². The van der Waals surface area contributed by atoms with Crippen LogP contribution in [0.1, 0.15) is 11.7 Å². The smallest absolute Gasteiger partial charge is 0.247 e. The highest BCUT2D eigenvalue weighted by Gasteiger charge is 2.25. The summed E-state index contributed by atoms with van der Waals surface area (Å²) in [5.74, 6) is -0.132. The van der Waals surface area contributed by atoms with Gasteiger partial charge in [0.1, 0.15) is 5.84 Å². The van der Waals surface area contributed by atoms with E-state index < -0.39 is 9.90 Å². The number of hydrogen-bond acceptors (Lipinski definition) is 2. The monoisotopic (exact) mass is 280 g/mol. The zero-order chi connectivity index (χ0) is 12.2.